The van der Waals surface area contributed by atoms with Crippen LogP contribution >= 0.6 is 11.8 Å². The van der Waals surface area contributed by atoms with Crippen LogP contribution in [0.2, 0.25) is 0 Å². The fraction of sp³-hybridized carbons (Fsp3) is 0.238. The van der Waals surface area contributed by atoms with E-state index in [4.69, 9.17) is 0 Å². The van der Waals surface area contributed by atoms with E-state index in [-0.39, 0.29) is 11.9 Å². The molecule has 2 N–H and O–H groups in total. The molecule has 1 aliphatic heterocycles. The van der Waals surface area contributed by atoms with Gasteiger partial charge in [0.25, 0.3) is 0 Å². The summed E-state index contributed by atoms with van der Waals surface area (Å²) in [6.07, 6.45) is 0. The Morgan fingerprint density at radius 1 is 1.15 bits per heavy atom. The van der Waals surface area contributed by atoms with Gasteiger partial charge in [0, 0.05) is 30.1 Å². The van der Waals surface area contributed by atoms with Gasteiger partial charge in [-0.2, -0.15) is 0 Å². The molecule has 0 unspecified atom stereocenters. The first-order valence-electron chi connectivity index (χ1n) is 8.75. The largest absolute Gasteiger partial charge is 0.344 e. The molecule has 2 aromatic carbocycles. The van der Waals surface area contributed by atoms with Crippen LogP contribution in [-0.2, 0) is 10.5 Å². The van der Waals surface area contributed by atoms with E-state index in [1.807, 2.05) is 42.5 Å². The fourth-order valence-electron chi connectivity index (χ4n) is 2.62. The van der Waals surface area contributed by atoms with Crippen molar-refractivity contribution in [3.63, 3.8) is 0 Å². The van der Waals surface area contributed by atoms with E-state index in [2.05, 4.69) is 34.6 Å². The molecule has 0 spiro atoms. The van der Waals surface area contributed by atoms with Gasteiger partial charge >= 0.3 is 6.03 Å². The summed E-state index contributed by atoms with van der Waals surface area (Å²) in [6, 6.07) is 17.5. The molecule has 5 nitrogen and oxygen atoms in total. The van der Waals surface area contributed by atoms with Gasteiger partial charge in [0.1, 0.15) is 0 Å². The zero-order valence-electron chi connectivity index (χ0n) is 14.9. The van der Waals surface area contributed by atoms with Crippen LogP contribution in [0.3, 0.4) is 0 Å². The number of amides is 3. The minimum absolute atomic E-state index is 0.0133. The van der Waals surface area contributed by atoms with Crippen molar-refractivity contribution in [2.45, 2.75) is 5.75 Å². The molecule has 27 heavy (non-hydrogen) atoms. The van der Waals surface area contributed by atoms with Gasteiger partial charge in [0.15, 0.2) is 0 Å². The van der Waals surface area contributed by atoms with Crippen molar-refractivity contribution in [1.29, 1.82) is 0 Å². The summed E-state index contributed by atoms with van der Waals surface area (Å²) in [7, 11) is 0. The van der Waals surface area contributed by atoms with Crippen LogP contribution in [-0.4, -0.2) is 37.3 Å². The summed E-state index contributed by atoms with van der Waals surface area (Å²) in [5.41, 5.74) is 2.93. The molecule has 0 bridgehead atoms. The highest BCUT2D eigenvalue weighted by Crippen LogP contribution is 2.16. The number of carbonyl (C=O) groups excluding carboxylic acids is 2. The lowest BCUT2D eigenvalue weighted by Gasteiger charge is -2.13. The second-order valence-corrected chi connectivity index (χ2v) is 6.97. The number of benzene rings is 2. The SMILES string of the molecule is O=C(CSCc1ccccc1)NCC#Cc1ccc(N2CCNC2=O)cc1. The van der Waals surface area contributed by atoms with E-state index < -0.39 is 0 Å². The van der Waals surface area contributed by atoms with Gasteiger partial charge < -0.3 is 10.6 Å². The molecule has 0 atom stereocenters. The first kappa shape index (κ1) is 18.9. The lowest BCUT2D eigenvalue weighted by Crippen LogP contribution is -2.27. The van der Waals surface area contributed by atoms with E-state index in [1.165, 1.54) is 5.56 Å². The molecule has 0 radical (unpaired) electrons. The van der Waals surface area contributed by atoms with Crippen LogP contribution in [0.1, 0.15) is 11.1 Å². The zero-order valence-corrected chi connectivity index (χ0v) is 15.7. The molecule has 2 aromatic rings. The number of rotatable bonds is 6. The van der Waals surface area contributed by atoms with Gasteiger partial charge in [-0.25, -0.2) is 4.79 Å². The van der Waals surface area contributed by atoms with Gasteiger partial charge in [0.05, 0.1) is 12.3 Å². The molecule has 3 rings (SSSR count). The molecule has 1 fully saturated rings. The number of hydrogen-bond donors (Lipinski definition) is 2. The molecule has 0 aromatic heterocycles. The van der Waals surface area contributed by atoms with Gasteiger partial charge in [-0.05, 0) is 29.8 Å². The predicted octanol–water partition coefficient (Wildman–Crippen LogP) is 2.62. The fourth-order valence-corrected chi connectivity index (χ4v) is 3.44. The van der Waals surface area contributed by atoms with Crippen LogP contribution in [0.4, 0.5) is 10.5 Å². The summed E-state index contributed by atoms with van der Waals surface area (Å²) in [4.78, 5) is 25.2. The van der Waals surface area contributed by atoms with Crippen LogP contribution in [0.5, 0.6) is 0 Å². The Morgan fingerprint density at radius 2 is 1.93 bits per heavy atom. The van der Waals surface area contributed by atoms with Gasteiger partial charge in [0.2, 0.25) is 5.91 Å². The van der Waals surface area contributed by atoms with Gasteiger partial charge in [-0.15, -0.1) is 11.8 Å². The highest BCUT2D eigenvalue weighted by molar-refractivity contribution is 7.99. The molecular weight excluding hydrogens is 358 g/mol. The number of anilines is 1. The predicted molar refractivity (Wildman–Crippen MR) is 110 cm³/mol. The third kappa shape index (κ3) is 5.80. The molecule has 1 heterocycles. The van der Waals surface area contributed by atoms with E-state index in [1.54, 1.807) is 16.7 Å². The maximum atomic E-state index is 11.8. The molecule has 0 saturated carbocycles. The van der Waals surface area contributed by atoms with Gasteiger partial charge in [-0.3, -0.25) is 9.69 Å². The summed E-state index contributed by atoms with van der Waals surface area (Å²) in [6.45, 7) is 1.67. The highest BCUT2D eigenvalue weighted by Gasteiger charge is 2.20. The Bertz CT molecular complexity index is 841. The Balaban J connectivity index is 1.38. The molecule has 1 aliphatic rings. The highest BCUT2D eigenvalue weighted by atomic mass is 32.2. The van der Waals surface area contributed by atoms with E-state index in [9.17, 15) is 9.59 Å². The van der Waals surface area contributed by atoms with Crippen LogP contribution in [0, 0.1) is 11.8 Å². The third-order valence-corrected chi connectivity index (χ3v) is 4.99. The second kappa shape index (κ2) is 9.70. The van der Waals surface area contributed by atoms with Crippen molar-refractivity contribution in [3.8, 4) is 11.8 Å². The molecule has 138 valence electrons. The lowest BCUT2D eigenvalue weighted by atomic mass is 10.2. The topological polar surface area (TPSA) is 61.4 Å². The van der Waals surface area contributed by atoms with Crippen molar-refractivity contribution in [2.75, 3.05) is 30.3 Å². The molecule has 6 heteroatoms. The number of nitrogens with one attached hydrogen (secondary N) is 2. The quantitative estimate of drug-likeness (QED) is 0.759. The average molecular weight is 379 g/mol. The number of thioether (sulfide) groups is 1. The number of hydrogen-bond acceptors (Lipinski definition) is 3. The molecule has 0 aliphatic carbocycles. The third-order valence-electron chi connectivity index (χ3n) is 3.99. The van der Waals surface area contributed by atoms with Crippen molar-refractivity contribution in [2.24, 2.45) is 0 Å². The number of nitrogens with zero attached hydrogens (tertiary/aromatic N) is 1. The average Bonchev–Trinajstić information content (AvgIpc) is 3.12. The summed E-state index contributed by atoms with van der Waals surface area (Å²) in [5.74, 6) is 7.20. The normalized spacial score (nSPS) is 12.9. The van der Waals surface area contributed by atoms with Crippen molar-refractivity contribution in [3.05, 3.63) is 65.7 Å². The Labute approximate surface area is 163 Å². The summed E-state index contributed by atoms with van der Waals surface area (Å²) >= 11 is 1.59. The van der Waals surface area contributed by atoms with E-state index >= 15 is 0 Å². The van der Waals surface area contributed by atoms with Crippen LogP contribution in [0.15, 0.2) is 54.6 Å². The van der Waals surface area contributed by atoms with E-state index in [0.717, 1.165) is 17.0 Å². The maximum Gasteiger partial charge on any atom is 0.321 e. The standard InChI is InChI=1S/C21H21N3O2S/c25-20(16-27-15-18-5-2-1-3-6-18)22-12-4-7-17-8-10-19(11-9-17)24-14-13-23-21(24)26/h1-3,5-6,8-11H,12-16H2,(H,22,25)(H,23,26). The van der Waals surface area contributed by atoms with Crippen LogP contribution in [0.25, 0.3) is 0 Å². The maximum absolute atomic E-state index is 11.8. The first-order chi connectivity index (χ1) is 13.2. The summed E-state index contributed by atoms with van der Waals surface area (Å²) in [5, 5.41) is 5.58. The van der Waals surface area contributed by atoms with Crippen molar-refractivity contribution in [1.82, 2.24) is 10.6 Å². The smallest absolute Gasteiger partial charge is 0.321 e. The Kier molecular flexibility index (Phi) is 6.78. The monoisotopic (exact) mass is 379 g/mol. The lowest BCUT2D eigenvalue weighted by molar-refractivity contribution is -0.118. The molecule has 3 amide bonds. The zero-order chi connectivity index (χ0) is 18.9. The second-order valence-electron chi connectivity index (χ2n) is 5.99. The Morgan fingerprint density at radius 3 is 2.63 bits per heavy atom. The number of carbonyl (C=O) groups is 2. The van der Waals surface area contributed by atoms with Crippen LogP contribution < -0.4 is 15.5 Å². The molecular formula is C21H21N3O2S. The first-order valence-corrected chi connectivity index (χ1v) is 9.90. The van der Waals surface area contributed by atoms with Gasteiger partial charge in [-0.1, -0.05) is 42.2 Å². The summed E-state index contributed by atoms with van der Waals surface area (Å²) < 4.78 is 0. The van der Waals surface area contributed by atoms with Crippen molar-refractivity contribution >= 4 is 29.4 Å². The minimum atomic E-state index is -0.0679. The molecule has 1 saturated heterocycles. The minimum Gasteiger partial charge on any atom is -0.344 e. The van der Waals surface area contributed by atoms with Crippen molar-refractivity contribution < 1.29 is 9.59 Å². The number of urea groups is 1. The van der Waals surface area contributed by atoms with E-state index in [0.29, 0.717) is 25.4 Å². The Hall–Kier alpha value is -2.91.